The maximum Gasteiger partial charge on any atom is 0.206 e. The second kappa shape index (κ2) is 6.45. The third-order valence-corrected chi connectivity index (χ3v) is 4.14. The third kappa shape index (κ3) is 4.74. The van der Waals surface area contributed by atoms with Crippen molar-refractivity contribution in [3.8, 4) is 0 Å². The van der Waals surface area contributed by atoms with Crippen molar-refractivity contribution >= 4 is 7.37 Å². The molecule has 0 aromatic carbocycles. The number of unbranched alkanes of at least 4 members (excludes halogenated alkanes) is 1. The van der Waals surface area contributed by atoms with Gasteiger partial charge in [-0.3, -0.25) is 4.57 Å². The molecule has 72 valence electrons. The first-order valence-electron chi connectivity index (χ1n) is 4.52. The van der Waals surface area contributed by atoms with Gasteiger partial charge in [0.15, 0.2) is 0 Å². The Kier molecular flexibility index (Phi) is 6.41. The third-order valence-electron chi connectivity index (χ3n) is 1.71. The summed E-state index contributed by atoms with van der Waals surface area (Å²) in [4.78, 5) is 0. The van der Waals surface area contributed by atoms with Gasteiger partial charge >= 0.3 is 0 Å². The average Bonchev–Trinajstić information content (AvgIpc) is 2.06. The zero-order chi connectivity index (χ0) is 9.45. The van der Waals surface area contributed by atoms with Crippen LogP contribution >= 0.6 is 7.37 Å². The van der Waals surface area contributed by atoms with Gasteiger partial charge in [-0.25, -0.2) is 0 Å². The van der Waals surface area contributed by atoms with E-state index in [1.165, 1.54) is 0 Å². The van der Waals surface area contributed by atoms with Crippen molar-refractivity contribution in [3.05, 3.63) is 12.7 Å². The van der Waals surface area contributed by atoms with Crippen LogP contribution in [-0.4, -0.2) is 18.9 Å². The second-order valence-electron chi connectivity index (χ2n) is 2.79. The molecule has 0 bridgehead atoms. The average molecular weight is 190 g/mol. The van der Waals surface area contributed by atoms with Crippen LogP contribution in [-0.2, 0) is 9.09 Å². The molecular formula is C9H19O2P. The summed E-state index contributed by atoms with van der Waals surface area (Å²) in [6, 6.07) is 0. The molecule has 0 amide bonds. The van der Waals surface area contributed by atoms with E-state index in [4.69, 9.17) is 4.52 Å². The molecule has 0 rings (SSSR count). The fraction of sp³-hybridized carbons (Fsp3) is 0.778. The van der Waals surface area contributed by atoms with E-state index >= 15 is 0 Å². The standard InChI is InChI=1S/C9H19O2P/c1-4-7-8-11-12(10,6-3)9-5-2/h5H,2,4,6-9H2,1,3H3/t12-/m0/s1. The van der Waals surface area contributed by atoms with Crippen molar-refractivity contribution in [3.63, 3.8) is 0 Å². The van der Waals surface area contributed by atoms with Crippen LogP contribution in [0.25, 0.3) is 0 Å². The lowest BCUT2D eigenvalue weighted by Crippen LogP contribution is -1.97. The SMILES string of the molecule is C=CC[P@](=O)(CC)OCCCC. The first-order valence-corrected chi connectivity index (χ1v) is 6.51. The van der Waals surface area contributed by atoms with Gasteiger partial charge in [0.1, 0.15) is 0 Å². The lowest BCUT2D eigenvalue weighted by molar-refractivity contribution is 0.308. The van der Waals surface area contributed by atoms with Gasteiger partial charge in [-0.15, -0.1) is 6.58 Å². The predicted molar refractivity (Wildman–Crippen MR) is 54.1 cm³/mol. The Morgan fingerprint density at radius 3 is 2.58 bits per heavy atom. The van der Waals surface area contributed by atoms with E-state index in [1.54, 1.807) is 6.08 Å². The van der Waals surface area contributed by atoms with Gasteiger partial charge in [0.05, 0.1) is 6.61 Å². The Morgan fingerprint density at radius 2 is 2.17 bits per heavy atom. The molecule has 0 aromatic heterocycles. The molecule has 0 aliphatic carbocycles. The summed E-state index contributed by atoms with van der Waals surface area (Å²) in [6.07, 6.45) is 4.87. The van der Waals surface area contributed by atoms with Crippen molar-refractivity contribution in [1.29, 1.82) is 0 Å². The maximum atomic E-state index is 11.8. The van der Waals surface area contributed by atoms with Crippen LogP contribution in [0.15, 0.2) is 12.7 Å². The summed E-state index contributed by atoms with van der Waals surface area (Å²) in [5, 5.41) is 0. The van der Waals surface area contributed by atoms with Gasteiger partial charge in [0.25, 0.3) is 0 Å². The molecule has 1 atom stereocenters. The van der Waals surface area contributed by atoms with Gasteiger partial charge in [0, 0.05) is 12.3 Å². The summed E-state index contributed by atoms with van der Waals surface area (Å²) in [7, 11) is -2.35. The van der Waals surface area contributed by atoms with E-state index in [0.29, 0.717) is 18.9 Å². The first kappa shape index (κ1) is 11.9. The van der Waals surface area contributed by atoms with Crippen LogP contribution < -0.4 is 0 Å². The minimum atomic E-state index is -2.35. The summed E-state index contributed by atoms with van der Waals surface area (Å²) < 4.78 is 17.1. The first-order chi connectivity index (χ1) is 5.68. The molecule has 0 aliphatic rings. The van der Waals surface area contributed by atoms with E-state index < -0.39 is 7.37 Å². The highest BCUT2D eigenvalue weighted by molar-refractivity contribution is 7.59. The zero-order valence-corrected chi connectivity index (χ0v) is 8.98. The van der Waals surface area contributed by atoms with E-state index in [0.717, 1.165) is 12.8 Å². The van der Waals surface area contributed by atoms with E-state index in [1.807, 2.05) is 6.92 Å². The topological polar surface area (TPSA) is 26.3 Å². The number of rotatable bonds is 7. The normalized spacial score (nSPS) is 15.5. The summed E-state index contributed by atoms with van der Waals surface area (Å²) >= 11 is 0. The highest BCUT2D eigenvalue weighted by atomic mass is 31.2. The number of hydrogen-bond acceptors (Lipinski definition) is 2. The van der Waals surface area contributed by atoms with Crippen molar-refractivity contribution < 1.29 is 9.09 Å². The molecule has 0 N–H and O–H groups in total. The summed E-state index contributed by atoms with van der Waals surface area (Å²) in [5.74, 6) is 0. The molecule has 0 spiro atoms. The Bertz CT molecular complexity index is 166. The Morgan fingerprint density at radius 1 is 1.50 bits per heavy atom. The highest BCUT2D eigenvalue weighted by Crippen LogP contribution is 2.46. The van der Waals surface area contributed by atoms with Crippen LogP contribution in [0.1, 0.15) is 26.7 Å². The van der Waals surface area contributed by atoms with E-state index in [9.17, 15) is 4.57 Å². The van der Waals surface area contributed by atoms with Gasteiger partial charge in [0.2, 0.25) is 7.37 Å². The van der Waals surface area contributed by atoms with Gasteiger partial charge in [-0.1, -0.05) is 26.3 Å². The molecule has 0 aromatic rings. The lowest BCUT2D eigenvalue weighted by Gasteiger charge is -2.14. The van der Waals surface area contributed by atoms with Crippen molar-refractivity contribution in [2.75, 3.05) is 18.9 Å². The molecule has 0 saturated carbocycles. The highest BCUT2D eigenvalue weighted by Gasteiger charge is 2.17. The van der Waals surface area contributed by atoms with Crippen molar-refractivity contribution in [1.82, 2.24) is 0 Å². The van der Waals surface area contributed by atoms with Crippen molar-refractivity contribution in [2.24, 2.45) is 0 Å². The molecule has 3 heteroatoms. The molecule has 0 unspecified atom stereocenters. The molecule has 0 fully saturated rings. The molecule has 0 radical (unpaired) electrons. The fourth-order valence-electron chi connectivity index (χ4n) is 0.845. The van der Waals surface area contributed by atoms with Gasteiger partial charge < -0.3 is 4.52 Å². The number of allylic oxidation sites excluding steroid dienone is 1. The second-order valence-corrected chi connectivity index (χ2v) is 5.67. The Labute approximate surface area is 75.5 Å². The molecular weight excluding hydrogens is 171 g/mol. The van der Waals surface area contributed by atoms with Crippen LogP contribution in [0.3, 0.4) is 0 Å². The predicted octanol–water partition coefficient (Wildman–Crippen LogP) is 3.29. The van der Waals surface area contributed by atoms with Crippen LogP contribution in [0, 0.1) is 0 Å². The van der Waals surface area contributed by atoms with Crippen molar-refractivity contribution in [2.45, 2.75) is 26.7 Å². The Hall–Kier alpha value is -0.0700. The lowest BCUT2D eigenvalue weighted by atomic mass is 10.4. The monoisotopic (exact) mass is 190 g/mol. The van der Waals surface area contributed by atoms with Crippen LogP contribution in [0.5, 0.6) is 0 Å². The largest absolute Gasteiger partial charge is 0.328 e. The zero-order valence-electron chi connectivity index (χ0n) is 8.08. The van der Waals surface area contributed by atoms with Crippen LogP contribution in [0.2, 0.25) is 0 Å². The molecule has 0 saturated heterocycles. The quantitative estimate of drug-likeness (QED) is 0.350. The molecule has 0 aliphatic heterocycles. The molecule has 0 heterocycles. The molecule has 2 nitrogen and oxygen atoms in total. The summed E-state index contributed by atoms with van der Waals surface area (Å²) in [5.41, 5.74) is 0. The van der Waals surface area contributed by atoms with Crippen LogP contribution in [0.4, 0.5) is 0 Å². The Balaban J connectivity index is 3.79. The minimum Gasteiger partial charge on any atom is -0.328 e. The smallest absolute Gasteiger partial charge is 0.206 e. The minimum absolute atomic E-state index is 0.507. The van der Waals surface area contributed by atoms with Gasteiger partial charge in [-0.05, 0) is 6.42 Å². The fourth-order valence-corrected chi connectivity index (χ4v) is 2.25. The molecule has 12 heavy (non-hydrogen) atoms. The number of hydrogen-bond donors (Lipinski definition) is 0. The van der Waals surface area contributed by atoms with E-state index in [2.05, 4.69) is 13.5 Å². The van der Waals surface area contributed by atoms with E-state index in [-0.39, 0.29) is 0 Å². The maximum absolute atomic E-state index is 11.8. The van der Waals surface area contributed by atoms with Gasteiger partial charge in [-0.2, -0.15) is 0 Å². The summed E-state index contributed by atoms with van der Waals surface area (Å²) in [6.45, 7) is 8.18.